The first kappa shape index (κ1) is 9.43. The van der Waals surface area contributed by atoms with Crippen LogP contribution in [0, 0.1) is 5.41 Å². The van der Waals surface area contributed by atoms with Gasteiger partial charge >= 0.3 is 5.97 Å². The molecule has 0 amide bonds. The Balaban J connectivity index is 3.64. The van der Waals surface area contributed by atoms with E-state index in [0.717, 1.165) is 0 Å². The van der Waals surface area contributed by atoms with Crippen molar-refractivity contribution in [2.75, 3.05) is 6.54 Å². The zero-order chi connectivity index (χ0) is 8.20. The Kier molecular flexibility index (Phi) is 3.36. The van der Waals surface area contributed by atoms with Crippen LogP contribution in [0.25, 0.3) is 0 Å². The molecule has 0 aliphatic carbocycles. The van der Waals surface area contributed by atoms with Gasteiger partial charge in [0.15, 0.2) is 0 Å². The second-order valence-electron chi connectivity index (χ2n) is 3.14. The second kappa shape index (κ2) is 3.56. The Morgan fingerprint density at radius 1 is 1.50 bits per heavy atom. The van der Waals surface area contributed by atoms with E-state index >= 15 is 0 Å². The van der Waals surface area contributed by atoms with E-state index in [-0.39, 0.29) is 5.97 Å². The predicted molar refractivity (Wildman–Crippen MR) is 39.2 cm³/mol. The van der Waals surface area contributed by atoms with Gasteiger partial charge in [-0.3, -0.25) is 0 Å². The molecule has 0 atom stereocenters. The molecule has 3 nitrogen and oxygen atoms in total. The number of carbonyl (C=O) groups is 1. The van der Waals surface area contributed by atoms with E-state index in [1.54, 1.807) is 0 Å². The highest BCUT2D eigenvalue weighted by Crippen LogP contribution is 2.13. The Morgan fingerprint density at radius 3 is 2.30 bits per heavy atom. The van der Waals surface area contributed by atoms with Gasteiger partial charge in [0, 0.05) is 6.54 Å². The van der Waals surface area contributed by atoms with Crippen molar-refractivity contribution in [2.24, 2.45) is 5.41 Å². The fourth-order valence-corrected chi connectivity index (χ4v) is 0.291. The molecule has 0 aliphatic rings. The monoisotopic (exact) mass is 145 g/mol. The normalized spacial score (nSPS) is 11.2. The minimum absolute atomic E-state index is 0.227. The first-order valence-electron chi connectivity index (χ1n) is 3.42. The van der Waals surface area contributed by atoms with Gasteiger partial charge in [0.25, 0.3) is 0 Å². The number of hydroxylamine groups is 1. The third kappa shape index (κ3) is 3.45. The maximum atomic E-state index is 10.9. The van der Waals surface area contributed by atoms with E-state index in [1.165, 1.54) is 0 Å². The highest BCUT2D eigenvalue weighted by Gasteiger charge is 2.22. The number of carbonyl (C=O) groups excluding carboxylic acids is 1. The minimum Gasteiger partial charge on any atom is -0.370 e. The molecule has 10 heavy (non-hydrogen) atoms. The Labute approximate surface area is 61.7 Å². The van der Waals surface area contributed by atoms with Crippen LogP contribution in [-0.2, 0) is 9.63 Å². The summed E-state index contributed by atoms with van der Waals surface area (Å²) in [6, 6.07) is 0. The smallest absolute Gasteiger partial charge is 0.329 e. The topological polar surface area (TPSA) is 38.3 Å². The summed E-state index contributed by atoms with van der Waals surface area (Å²) in [6.45, 7) is 7.95. The summed E-state index contributed by atoms with van der Waals surface area (Å²) in [4.78, 5) is 15.6. The standard InChI is InChI=1S/C7H15NO2/c1-5-8-10-6(9)7(2,3)4/h8H,5H2,1-4H3. The molecule has 0 aromatic heterocycles. The van der Waals surface area contributed by atoms with E-state index in [4.69, 9.17) is 0 Å². The molecule has 0 saturated heterocycles. The van der Waals surface area contributed by atoms with Crippen LogP contribution in [0.3, 0.4) is 0 Å². The molecule has 0 heterocycles. The van der Waals surface area contributed by atoms with Crippen LogP contribution >= 0.6 is 0 Å². The summed E-state index contributed by atoms with van der Waals surface area (Å²) in [6.07, 6.45) is 0. The first-order chi connectivity index (χ1) is 4.48. The summed E-state index contributed by atoms with van der Waals surface area (Å²) in [5.74, 6) is -0.227. The van der Waals surface area contributed by atoms with Gasteiger partial charge in [0.1, 0.15) is 0 Å². The van der Waals surface area contributed by atoms with Gasteiger partial charge in [-0.2, -0.15) is 5.48 Å². The van der Waals surface area contributed by atoms with Gasteiger partial charge in [-0.1, -0.05) is 0 Å². The van der Waals surface area contributed by atoms with Gasteiger partial charge in [0.05, 0.1) is 5.41 Å². The highest BCUT2D eigenvalue weighted by atomic mass is 16.7. The molecule has 3 heteroatoms. The van der Waals surface area contributed by atoms with Gasteiger partial charge < -0.3 is 4.84 Å². The van der Waals surface area contributed by atoms with Crippen LogP contribution in [0.4, 0.5) is 0 Å². The van der Waals surface area contributed by atoms with Crippen LogP contribution in [0.1, 0.15) is 27.7 Å². The summed E-state index contributed by atoms with van der Waals surface area (Å²) < 4.78 is 0. The van der Waals surface area contributed by atoms with E-state index in [0.29, 0.717) is 6.54 Å². The average molecular weight is 145 g/mol. The van der Waals surface area contributed by atoms with Crippen molar-refractivity contribution in [3.63, 3.8) is 0 Å². The Hall–Kier alpha value is -0.570. The fourth-order valence-electron chi connectivity index (χ4n) is 0.291. The van der Waals surface area contributed by atoms with Gasteiger partial charge in [-0.05, 0) is 27.7 Å². The lowest BCUT2D eigenvalue weighted by molar-refractivity contribution is -0.160. The molecule has 0 unspecified atom stereocenters. The number of hydrogen-bond acceptors (Lipinski definition) is 3. The van der Waals surface area contributed by atoms with Gasteiger partial charge in [-0.25, -0.2) is 4.79 Å². The third-order valence-corrected chi connectivity index (χ3v) is 0.922. The average Bonchev–Trinajstić information content (AvgIpc) is 1.80. The van der Waals surface area contributed by atoms with Crippen LogP contribution in [-0.4, -0.2) is 12.5 Å². The fraction of sp³-hybridized carbons (Fsp3) is 0.857. The first-order valence-corrected chi connectivity index (χ1v) is 3.42. The van der Waals surface area contributed by atoms with Crippen LogP contribution in [0.2, 0.25) is 0 Å². The van der Waals surface area contributed by atoms with Crippen LogP contribution in [0.5, 0.6) is 0 Å². The Bertz CT molecular complexity index is 115. The zero-order valence-electron chi connectivity index (χ0n) is 7.02. The molecule has 0 aromatic rings. The summed E-state index contributed by atoms with van der Waals surface area (Å²) in [5.41, 5.74) is 2.09. The lowest BCUT2D eigenvalue weighted by Gasteiger charge is -2.15. The molecular formula is C7H15NO2. The molecule has 0 aliphatic heterocycles. The van der Waals surface area contributed by atoms with Crippen molar-refractivity contribution in [3.05, 3.63) is 0 Å². The molecule has 60 valence electrons. The lowest BCUT2D eigenvalue weighted by atomic mass is 9.98. The van der Waals surface area contributed by atoms with E-state index in [9.17, 15) is 4.79 Å². The molecule has 0 rings (SSSR count). The molecular weight excluding hydrogens is 130 g/mol. The van der Waals surface area contributed by atoms with Crippen molar-refractivity contribution >= 4 is 5.97 Å². The predicted octanol–water partition coefficient (Wildman–Crippen LogP) is 1.10. The zero-order valence-corrected chi connectivity index (χ0v) is 7.02. The van der Waals surface area contributed by atoms with Crippen molar-refractivity contribution in [1.82, 2.24) is 5.48 Å². The lowest BCUT2D eigenvalue weighted by Crippen LogP contribution is -2.29. The summed E-state index contributed by atoms with van der Waals surface area (Å²) >= 11 is 0. The summed E-state index contributed by atoms with van der Waals surface area (Å²) in [7, 11) is 0. The molecule has 1 N–H and O–H groups in total. The maximum Gasteiger partial charge on any atom is 0.329 e. The van der Waals surface area contributed by atoms with E-state index in [1.807, 2.05) is 27.7 Å². The molecule has 0 saturated carbocycles. The molecule has 0 spiro atoms. The van der Waals surface area contributed by atoms with Crippen molar-refractivity contribution in [1.29, 1.82) is 0 Å². The Morgan fingerprint density at radius 2 is 2.00 bits per heavy atom. The van der Waals surface area contributed by atoms with E-state index in [2.05, 4.69) is 10.3 Å². The van der Waals surface area contributed by atoms with Crippen molar-refractivity contribution in [3.8, 4) is 0 Å². The van der Waals surface area contributed by atoms with E-state index < -0.39 is 5.41 Å². The number of nitrogens with one attached hydrogen (secondary N) is 1. The quantitative estimate of drug-likeness (QED) is 0.591. The number of rotatable bonds is 2. The highest BCUT2D eigenvalue weighted by molar-refractivity contribution is 5.74. The van der Waals surface area contributed by atoms with Crippen LogP contribution in [0.15, 0.2) is 0 Å². The molecule has 0 radical (unpaired) electrons. The van der Waals surface area contributed by atoms with Gasteiger partial charge in [-0.15, -0.1) is 0 Å². The largest absolute Gasteiger partial charge is 0.370 e. The molecule has 0 aromatic carbocycles. The van der Waals surface area contributed by atoms with Crippen molar-refractivity contribution in [2.45, 2.75) is 27.7 Å². The minimum atomic E-state index is -0.415. The second-order valence-corrected chi connectivity index (χ2v) is 3.14. The SMILES string of the molecule is CCNOC(=O)C(C)(C)C. The van der Waals surface area contributed by atoms with Crippen LogP contribution < -0.4 is 5.48 Å². The van der Waals surface area contributed by atoms with Gasteiger partial charge in [0.2, 0.25) is 0 Å². The van der Waals surface area contributed by atoms with Crippen molar-refractivity contribution < 1.29 is 9.63 Å². The molecule has 0 bridgehead atoms. The molecule has 0 fully saturated rings. The maximum absolute atomic E-state index is 10.9. The number of hydrogen-bond donors (Lipinski definition) is 1. The summed E-state index contributed by atoms with van der Waals surface area (Å²) in [5, 5.41) is 0. The third-order valence-electron chi connectivity index (χ3n) is 0.922.